The summed E-state index contributed by atoms with van der Waals surface area (Å²) in [4.78, 5) is 12.3. The summed E-state index contributed by atoms with van der Waals surface area (Å²) in [6.07, 6.45) is 3.34. The lowest BCUT2D eigenvalue weighted by Gasteiger charge is -2.08. The van der Waals surface area contributed by atoms with Gasteiger partial charge in [-0.2, -0.15) is 0 Å². The second-order valence-electron chi connectivity index (χ2n) is 3.52. The van der Waals surface area contributed by atoms with Crippen molar-refractivity contribution in [3.8, 4) is 5.75 Å². The van der Waals surface area contributed by atoms with Crippen molar-refractivity contribution in [3.05, 3.63) is 28.5 Å². The Morgan fingerprint density at radius 2 is 2.44 bits per heavy atom. The Balaban J connectivity index is 2.95. The number of rotatable bonds is 6. The van der Waals surface area contributed by atoms with E-state index >= 15 is 0 Å². The van der Waals surface area contributed by atoms with Crippen molar-refractivity contribution in [2.24, 2.45) is 0 Å². The van der Waals surface area contributed by atoms with Crippen LogP contribution in [0.15, 0.2) is 18.7 Å². The highest BCUT2D eigenvalue weighted by atomic mass is 32.1. The predicted molar refractivity (Wildman–Crippen MR) is 65.6 cm³/mol. The highest BCUT2D eigenvalue weighted by molar-refractivity contribution is 7.14. The van der Waals surface area contributed by atoms with E-state index in [4.69, 9.17) is 9.84 Å². The molecule has 3 nitrogen and oxygen atoms in total. The molecule has 0 saturated carbocycles. The van der Waals surface area contributed by atoms with Gasteiger partial charge in [0.05, 0.1) is 0 Å². The summed E-state index contributed by atoms with van der Waals surface area (Å²) >= 11 is 1.29. The lowest BCUT2D eigenvalue weighted by molar-refractivity contribution is 0.0697. The normalized spacial score (nSPS) is 12.1. The molecular weight excluding hydrogens is 224 g/mol. The molecule has 0 radical (unpaired) electrons. The van der Waals surface area contributed by atoms with E-state index in [-0.39, 0.29) is 11.0 Å². The first kappa shape index (κ1) is 12.8. The minimum Gasteiger partial charge on any atom is -0.485 e. The maximum Gasteiger partial charge on any atom is 0.349 e. The molecule has 88 valence electrons. The fraction of sp³-hybridized carbons (Fsp3) is 0.417. The first-order valence-corrected chi connectivity index (χ1v) is 6.05. The van der Waals surface area contributed by atoms with Gasteiger partial charge < -0.3 is 9.84 Å². The number of carboxylic acids is 1. The molecule has 1 N–H and O–H groups in total. The Hall–Kier alpha value is -1.29. The van der Waals surface area contributed by atoms with Crippen LogP contribution in [-0.2, 0) is 6.42 Å². The topological polar surface area (TPSA) is 46.5 Å². The van der Waals surface area contributed by atoms with Gasteiger partial charge in [0.1, 0.15) is 11.9 Å². The van der Waals surface area contributed by atoms with Gasteiger partial charge in [-0.15, -0.1) is 11.3 Å². The van der Waals surface area contributed by atoms with E-state index in [1.165, 1.54) is 11.3 Å². The molecule has 0 fully saturated rings. The summed E-state index contributed by atoms with van der Waals surface area (Å²) in [6, 6.07) is 1.82. The van der Waals surface area contributed by atoms with Gasteiger partial charge >= 0.3 is 5.97 Å². The summed E-state index contributed by atoms with van der Waals surface area (Å²) in [7, 11) is 0. The number of ether oxygens (including phenoxy) is 1. The van der Waals surface area contributed by atoms with Crippen LogP contribution >= 0.6 is 11.3 Å². The molecule has 0 aliphatic carbocycles. The number of carbonyl (C=O) groups is 1. The minimum atomic E-state index is -0.932. The maximum atomic E-state index is 11.0. The third kappa shape index (κ3) is 3.10. The molecule has 1 atom stereocenters. The van der Waals surface area contributed by atoms with Crippen LogP contribution in [0.4, 0.5) is 0 Å². The number of hydrogen-bond donors (Lipinski definition) is 1. The second kappa shape index (κ2) is 5.70. The van der Waals surface area contributed by atoms with Gasteiger partial charge in [-0.25, -0.2) is 4.79 Å². The van der Waals surface area contributed by atoms with Gasteiger partial charge in [0.25, 0.3) is 0 Å². The van der Waals surface area contributed by atoms with Crippen molar-refractivity contribution in [1.82, 2.24) is 0 Å². The summed E-state index contributed by atoms with van der Waals surface area (Å²) in [6.45, 7) is 7.50. The Kier molecular flexibility index (Phi) is 4.55. The van der Waals surface area contributed by atoms with Crippen LogP contribution in [0.5, 0.6) is 5.75 Å². The van der Waals surface area contributed by atoms with Gasteiger partial charge in [0, 0.05) is 4.88 Å². The van der Waals surface area contributed by atoms with E-state index in [0.29, 0.717) is 5.75 Å². The average Bonchev–Trinajstić information content (AvgIpc) is 2.61. The third-order valence-electron chi connectivity index (χ3n) is 2.08. The molecule has 1 aromatic heterocycles. The number of aromatic carboxylic acids is 1. The van der Waals surface area contributed by atoms with E-state index in [1.54, 1.807) is 6.08 Å². The van der Waals surface area contributed by atoms with Crippen molar-refractivity contribution in [1.29, 1.82) is 0 Å². The number of thiophene rings is 1. The van der Waals surface area contributed by atoms with E-state index in [9.17, 15) is 4.79 Å². The quantitative estimate of drug-likeness (QED) is 0.776. The highest BCUT2D eigenvalue weighted by Gasteiger charge is 2.17. The van der Waals surface area contributed by atoms with Gasteiger partial charge in [-0.1, -0.05) is 26.0 Å². The molecular formula is C12H16O3S. The molecule has 0 aromatic carbocycles. The Labute approximate surface area is 99.4 Å². The van der Waals surface area contributed by atoms with Crippen LogP contribution in [0, 0.1) is 0 Å². The first-order chi connectivity index (χ1) is 7.58. The molecule has 1 heterocycles. The van der Waals surface area contributed by atoms with Gasteiger partial charge in [-0.3, -0.25) is 0 Å². The molecule has 1 aromatic rings. The van der Waals surface area contributed by atoms with Crippen LogP contribution in [0.3, 0.4) is 0 Å². The Morgan fingerprint density at radius 3 is 2.94 bits per heavy atom. The lowest BCUT2D eigenvalue weighted by Crippen LogP contribution is -2.09. The van der Waals surface area contributed by atoms with Gasteiger partial charge in [0.2, 0.25) is 0 Å². The molecule has 0 bridgehead atoms. The van der Waals surface area contributed by atoms with E-state index in [1.807, 2.05) is 13.0 Å². The van der Waals surface area contributed by atoms with E-state index in [0.717, 1.165) is 17.7 Å². The summed E-state index contributed by atoms with van der Waals surface area (Å²) < 4.78 is 5.49. The fourth-order valence-corrected chi connectivity index (χ4v) is 2.31. The third-order valence-corrected chi connectivity index (χ3v) is 3.25. The lowest BCUT2D eigenvalue weighted by atomic mass is 10.3. The second-order valence-corrected chi connectivity index (χ2v) is 4.66. The monoisotopic (exact) mass is 240 g/mol. The van der Waals surface area contributed by atoms with E-state index < -0.39 is 5.97 Å². The summed E-state index contributed by atoms with van der Waals surface area (Å²) in [5, 5.41) is 9.04. The summed E-state index contributed by atoms with van der Waals surface area (Å²) in [5.74, 6) is -0.480. The average molecular weight is 240 g/mol. The molecule has 0 aliphatic heterocycles. The van der Waals surface area contributed by atoms with Crippen molar-refractivity contribution in [2.45, 2.75) is 32.8 Å². The largest absolute Gasteiger partial charge is 0.485 e. The van der Waals surface area contributed by atoms with Crippen molar-refractivity contribution in [2.75, 3.05) is 0 Å². The number of carboxylic acid groups (broad SMARTS) is 1. The SMILES string of the molecule is C=CC(C)Oc1cc(CCC)sc1C(=O)O. The zero-order valence-corrected chi connectivity index (χ0v) is 10.3. The van der Waals surface area contributed by atoms with Crippen molar-refractivity contribution >= 4 is 17.3 Å². The molecule has 16 heavy (non-hydrogen) atoms. The summed E-state index contributed by atoms with van der Waals surface area (Å²) in [5.41, 5.74) is 0. The molecule has 1 unspecified atom stereocenters. The van der Waals surface area contributed by atoms with Gasteiger partial charge in [-0.05, 0) is 19.4 Å². The number of hydrogen-bond acceptors (Lipinski definition) is 3. The first-order valence-electron chi connectivity index (χ1n) is 5.23. The smallest absolute Gasteiger partial charge is 0.349 e. The molecule has 0 saturated heterocycles. The molecule has 1 rings (SSSR count). The van der Waals surface area contributed by atoms with Crippen LogP contribution in [0.1, 0.15) is 34.8 Å². The fourth-order valence-electron chi connectivity index (χ4n) is 1.28. The predicted octanol–water partition coefficient (Wildman–Crippen LogP) is 3.35. The minimum absolute atomic E-state index is 0.179. The highest BCUT2D eigenvalue weighted by Crippen LogP contribution is 2.31. The standard InChI is InChI=1S/C12H16O3S/c1-4-6-9-7-10(15-8(3)5-2)11(16-9)12(13)14/h5,7-8H,2,4,6H2,1,3H3,(H,13,14). The van der Waals surface area contributed by atoms with Crippen molar-refractivity contribution in [3.63, 3.8) is 0 Å². The van der Waals surface area contributed by atoms with Crippen LogP contribution in [0.25, 0.3) is 0 Å². The van der Waals surface area contributed by atoms with E-state index in [2.05, 4.69) is 13.5 Å². The van der Waals surface area contributed by atoms with Crippen LogP contribution < -0.4 is 4.74 Å². The maximum absolute atomic E-state index is 11.0. The van der Waals surface area contributed by atoms with Crippen LogP contribution in [-0.4, -0.2) is 17.2 Å². The molecule has 0 amide bonds. The molecule has 0 spiro atoms. The Bertz CT molecular complexity index is 382. The zero-order valence-electron chi connectivity index (χ0n) is 9.53. The Morgan fingerprint density at radius 1 is 1.75 bits per heavy atom. The van der Waals surface area contributed by atoms with Crippen LogP contribution in [0.2, 0.25) is 0 Å². The van der Waals surface area contributed by atoms with Gasteiger partial charge in [0.15, 0.2) is 4.88 Å². The number of aryl methyl sites for hydroxylation is 1. The van der Waals surface area contributed by atoms with Crippen molar-refractivity contribution < 1.29 is 14.6 Å². The molecule has 0 aliphatic rings. The zero-order chi connectivity index (χ0) is 12.1. The molecule has 4 heteroatoms.